The lowest BCUT2D eigenvalue weighted by Crippen LogP contribution is -1.97. The lowest BCUT2D eigenvalue weighted by atomic mass is 10.2. The second-order valence-corrected chi connectivity index (χ2v) is 3.44. The van der Waals surface area contributed by atoms with E-state index >= 15 is 0 Å². The number of carbonyl (C=O) groups is 1. The minimum atomic E-state index is -0.00262. The molecule has 0 bridgehead atoms. The predicted octanol–water partition coefficient (Wildman–Crippen LogP) is 1.95. The molecule has 12 heavy (non-hydrogen) atoms. The highest BCUT2D eigenvalue weighted by Gasteiger charge is 2.14. The summed E-state index contributed by atoms with van der Waals surface area (Å²) >= 11 is 3.36. The highest BCUT2D eigenvalue weighted by atomic mass is 79.9. The number of rotatable bonds is 2. The van der Waals surface area contributed by atoms with E-state index in [4.69, 9.17) is 0 Å². The average molecular weight is 231 g/mol. The van der Waals surface area contributed by atoms with Crippen LogP contribution in [0.25, 0.3) is 0 Å². The maximum absolute atomic E-state index is 11.0. The van der Waals surface area contributed by atoms with Crippen LogP contribution < -0.4 is 0 Å². The van der Waals surface area contributed by atoms with E-state index in [0.29, 0.717) is 5.69 Å². The van der Waals surface area contributed by atoms with E-state index < -0.39 is 0 Å². The van der Waals surface area contributed by atoms with Crippen LogP contribution in [-0.2, 0) is 13.5 Å². The number of carbonyl (C=O) groups excluding carboxylic acids is 1. The molecule has 1 rings (SSSR count). The fraction of sp³-hybridized carbons (Fsp3) is 0.500. The van der Waals surface area contributed by atoms with Crippen molar-refractivity contribution in [3.8, 4) is 0 Å². The molecule has 0 atom stereocenters. The second kappa shape index (κ2) is 3.39. The van der Waals surface area contributed by atoms with Crippen molar-refractivity contribution >= 4 is 21.7 Å². The first-order valence-corrected chi connectivity index (χ1v) is 4.59. The summed E-state index contributed by atoms with van der Waals surface area (Å²) in [5.41, 5.74) is 1.58. The Labute approximate surface area is 79.9 Å². The third-order valence-electron chi connectivity index (χ3n) is 1.77. The van der Waals surface area contributed by atoms with Gasteiger partial charge in [-0.25, -0.2) is 0 Å². The smallest absolute Gasteiger partial charge is 0.181 e. The van der Waals surface area contributed by atoms with Crippen LogP contribution in [0.1, 0.15) is 30.0 Å². The maximum Gasteiger partial charge on any atom is 0.181 e. The van der Waals surface area contributed by atoms with Crippen LogP contribution in [0.2, 0.25) is 0 Å². The van der Waals surface area contributed by atoms with Gasteiger partial charge in [-0.15, -0.1) is 0 Å². The standard InChI is InChI=1S/C8H11BrN2O/c1-4-6-7(9)8(5(2)12)10-11(6)3/h4H2,1-3H3. The summed E-state index contributed by atoms with van der Waals surface area (Å²) in [5.74, 6) is -0.00262. The highest BCUT2D eigenvalue weighted by molar-refractivity contribution is 9.10. The molecule has 0 aromatic carbocycles. The van der Waals surface area contributed by atoms with Crippen molar-refractivity contribution in [3.63, 3.8) is 0 Å². The van der Waals surface area contributed by atoms with Crippen molar-refractivity contribution in [3.05, 3.63) is 15.9 Å². The molecule has 0 fully saturated rings. The summed E-state index contributed by atoms with van der Waals surface area (Å²) in [6, 6.07) is 0. The van der Waals surface area contributed by atoms with Gasteiger partial charge in [-0.05, 0) is 22.4 Å². The van der Waals surface area contributed by atoms with Gasteiger partial charge in [0.05, 0.1) is 10.2 Å². The van der Waals surface area contributed by atoms with Crippen molar-refractivity contribution in [1.82, 2.24) is 9.78 Å². The van der Waals surface area contributed by atoms with Crippen LogP contribution in [0.15, 0.2) is 4.47 Å². The fourth-order valence-corrected chi connectivity index (χ4v) is 2.04. The van der Waals surface area contributed by atoms with Crippen molar-refractivity contribution < 1.29 is 4.79 Å². The largest absolute Gasteiger partial charge is 0.293 e. The Morgan fingerprint density at radius 2 is 2.25 bits per heavy atom. The first-order valence-electron chi connectivity index (χ1n) is 3.80. The number of hydrogen-bond acceptors (Lipinski definition) is 2. The van der Waals surface area contributed by atoms with Gasteiger partial charge in [0.1, 0.15) is 5.69 Å². The van der Waals surface area contributed by atoms with E-state index in [1.54, 1.807) is 4.68 Å². The van der Waals surface area contributed by atoms with E-state index in [1.165, 1.54) is 6.92 Å². The zero-order valence-corrected chi connectivity index (χ0v) is 8.97. The third kappa shape index (κ3) is 1.43. The Kier molecular flexibility index (Phi) is 2.67. The molecule has 0 saturated heterocycles. The molecule has 0 saturated carbocycles. The molecule has 4 heteroatoms. The van der Waals surface area contributed by atoms with Gasteiger partial charge in [-0.2, -0.15) is 5.10 Å². The Hall–Kier alpha value is -0.640. The monoisotopic (exact) mass is 230 g/mol. The molecule has 0 radical (unpaired) electrons. The quantitative estimate of drug-likeness (QED) is 0.729. The second-order valence-electron chi connectivity index (χ2n) is 2.64. The predicted molar refractivity (Wildman–Crippen MR) is 50.3 cm³/mol. The highest BCUT2D eigenvalue weighted by Crippen LogP contribution is 2.21. The summed E-state index contributed by atoms with van der Waals surface area (Å²) in [5, 5.41) is 4.10. The van der Waals surface area contributed by atoms with Crippen LogP contribution in [0.3, 0.4) is 0 Å². The molecule has 0 unspecified atom stereocenters. The molecule has 3 nitrogen and oxygen atoms in total. The van der Waals surface area contributed by atoms with E-state index in [2.05, 4.69) is 21.0 Å². The fourth-order valence-electron chi connectivity index (χ4n) is 1.14. The van der Waals surface area contributed by atoms with Gasteiger partial charge in [0.2, 0.25) is 0 Å². The zero-order valence-electron chi connectivity index (χ0n) is 7.39. The first-order chi connectivity index (χ1) is 5.57. The SMILES string of the molecule is CCc1c(Br)c(C(C)=O)nn1C. The van der Waals surface area contributed by atoms with E-state index in [9.17, 15) is 4.79 Å². The van der Waals surface area contributed by atoms with Crippen molar-refractivity contribution in [2.45, 2.75) is 20.3 Å². The Bertz CT molecular complexity index is 317. The molecule has 0 aliphatic carbocycles. The molecular formula is C8H11BrN2O. The van der Waals surface area contributed by atoms with Gasteiger partial charge in [0.25, 0.3) is 0 Å². The third-order valence-corrected chi connectivity index (χ3v) is 2.60. The minimum absolute atomic E-state index is 0.00262. The molecule has 1 aromatic rings. The normalized spacial score (nSPS) is 10.3. The molecule has 0 N–H and O–H groups in total. The number of Topliss-reactive ketones (excluding diaryl/α,β-unsaturated/α-hetero) is 1. The molecule has 0 spiro atoms. The Morgan fingerprint density at radius 3 is 2.50 bits per heavy atom. The zero-order chi connectivity index (χ0) is 9.30. The number of aryl methyl sites for hydroxylation is 1. The Balaban J connectivity index is 3.26. The summed E-state index contributed by atoms with van der Waals surface area (Å²) < 4.78 is 2.57. The summed E-state index contributed by atoms with van der Waals surface area (Å²) in [6.07, 6.45) is 0.872. The van der Waals surface area contributed by atoms with Crippen LogP contribution in [0.5, 0.6) is 0 Å². The molecule has 0 aliphatic rings. The van der Waals surface area contributed by atoms with Crippen molar-refractivity contribution in [1.29, 1.82) is 0 Å². The van der Waals surface area contributed by atoms with Gasteiger partial charge in [-0.1, -0.05) is 6.92 Å². The summed E-state index contributed by atoms with van der Waals surface area (Å²) in [4.78, 5) is 11.0. The topological polar surface area (TPSA) is 34.9 Å². The number of nitrogens with zero attached hydrogens (tertiary/aromatic N) is 2. The van der Waals surface area contributed by atoms with Gasteiger partial charge >= 0.3 is 0 Å². The van der Waals surface area contributed by atoms with Gasteiger partial charge < -0.3 is 0 Å². The summed E-state index contributed by atoms with van der Waals surface area (Å²) in [7, 11) is 1.84. The van der Waals surface area contributed by atoms with Crippen LogP contribution in [0.4, 0.5) is 0 Å². The summed E-state index contributed by atoms with van der Waals surface area (Å²) in [6.45, 7) is 3.55. The number of aromatic nitrogens is 2. The van der Waals surface area contributed by atoms with E-state index in [0.717, 1.165) is 16.6 Å². The molecule has 66 valence electrons. The van der Waals surface area contributed by atoms with Crippen LogP contribution in [-0.4, -0.2) is 15.6 Å². The first kappa shape index (κ1) is 9.45. The van der Waals surface area contributed by atoms with E-state index in [1.807, 2.05) is 14.0 Å². The minimum Gasteiger partial charge on any atom is -0.293 e. The van der Waals surface area contributed by atoms with Crippen molar-refractivity contribution in [2.24, 2.45) is 7.05 Å². The molecule has 0 amide bonds. The van der Waals surface area contributed by atoms with E-state index in [-0.39, 0.29) is 5.78 Å². The number of ketones is 1. The molecular weight excluding hydrogens is 220 g/mol. The average Bonchev–Trinajstić information content (AvgIpc) is 2.27. The Morgan fingerprint density at radius 1 is 1.67 bits per heavy atom. The van der Waals surface area contributed by atoms with Crippen molar-refractivity contribution in [2.75, 3.05) is 0 Å². The number of halogens is 1. The van der Waals surface area contributed by atoms with Crippen LogP contribution in [0, 0.1) is 0 Å². The van der Waals surface area contributed by atoms with Gasteiger partial charge in [0.15, 0.2) is 5.78 Å². The molecule has 1 heterocycles. The van der Waals surface area contributed by atoms with Gasteiger partial charge in [0, 0.05) is 14.0 Å². The maximum atomic E-state index is 11.0. The van der Waals surface area contributed by atoms with Crippen LogP contribution >= 0.6 is 15.9 Å². The molecule has 1 aromatic heterocycles. The lowest BCUT2D eigenvalue weighted by Gasteiger charge is -1.95. The molecule has 0 aliphatic heterocycles. The van der Waals surface area contributed by atoms with Gasteiger partial charge in [-0.3, -0.25) is 9.48 Å². The number of hydrogen-bond donors (Lipinski definition) is 0. The lowest BCUT2D eigenvalue weighted by molar-refractivity contribution is 0.101.